The summed E-state index contributed by atoms with van der Waals surface area (Å²) in [5.41, 5.74) is 1.05. The Bertz CT molecular complexity index is 462. The highest BCUT2D eigenvalue weighted by Gasteiger charge is 2.22. The van der Waals surface area contributed by atoms with Gasteiger partial charge in [0.15, 0.2) is 0 Å². The second kappa shape index (κ2) is 7.29. The second-order valence-electron chi connectivity index (χ2n) is 5.28. The Morgan fingerprint density at radius 2 is 2.24 bits per heavy atom. The zero-order valence-electron chi connectivity index (χ0n) is 12.1. The molecule has 21 heavy (non-hydrogen) atoms. The van der Waals surface area contributed by atoms with Crippen LogP contribution < -0.4 is 10.2 Å². The molecule has 2 saturated heterocycles. The first-order chi connectivity index (χ1) is 10.4. The molecule has 2 N–H and O–H groups in total. The SMILES string of the molecule is OCCNc1nc([C@@H]2CCOC2)cc(N2CCSCC2)n1. The van der Waals surface area contributed by atoms with E-state index in [0.717, 1.165) is 55.7 Å². The Kier molecular flexibility index (Phi) is 5.16. The minimum Gasteiger partial charge on any atom is -0.395 e. The molecule has 116 valence electrons. The van der Waals surface area contributed by atoms with E-state index in [2.05, 4.69) is 26.3 Å². The van der Waals surface area contributed by atoms with Crippen LogP contribution in [0, 0.1) is 0 Å². The fraction of sp³-hybridized carbons (Fsp3) is 0.714. The molecular formula is C14H22N4O2S. The monoisotopic (exact) mass is 310 g/mol. The van der Waals surface area contributed by atoms with Crippen LogP contribution in [-0.2, 0) is 4.74 Å². The number of aliphatic hydroxyl groups is 1. The van der Waals surface area contributed by atoms with Crippen LogP contribution in [0.5, 0.6) is 0 Å². The van der Waals surface area contributed by atoms with Gasteiger partial charge >= 0.3 is 0 Å². The molecule has 1 aromatic heterocycles. The van der Waals surface area contributed by atoms with Crippen molar-refractivity contribution in [2.24, 2.45) is 0 Å². The van der Waals surface area contributed by atoms with Crippen LogP contribution in [-0.4, -0.2) is 66.0 Å². The maximum absolute atomic E-state index is 8.98. The molecule has 6 nitrogen and oxygen atoms in total. The molecule has 0 bridgehead atoms. The molecule has 0 saturated carbocycles. The number of thioether (sulfide) groups is 1. The Morgan fingerprint density at radius 3 is 2.95 bits per heavy atom. The molecule has 0 aliphatic carbocycles. The summed E-state index contributed by atoms with van der Waals surface area (Å²) in [6, 6.07) is 2.11. The number of nitrogens with one attached hydrogen (secondary N) is 1. The Balaban J connectivity index is 1.84. The van der Waals surface area contributed by atoms with Gasteiger partial charge in [-0.25, -0.2) is 4.98 Å². The zero-order chi connectivity index (χ0) is 14.5. The van der Waals surface area contributed by atoms with Gasteiger partial charge < -0.3 is 20.1 Å². The summed E-state index contributed by atoms with van der Waals surface area (Å²) in [7, 11) is 0. The molecule has 0 unspecified atom stereocenters. The van der Waals surface area contributed by atoms with Crippen molar-refractivity contribution in [1.82, 2.24) is 9.97 Å². The number of hydrogen-bond donors (Lipinski definition) is 2. The van der Waals surface area contributed by atoms with E-state index in [1.165, 1.54) is 0 Å². The molecular weight excluding hydrogens is 288 g/mol. The van der Waals surface area contributed by atoms with E-state index < -0.39 is 0 Å². The van der Waals surface area contributed by atoms with Gasteiger partial charge in [-0.3, -0.25) is 0 Å². The van der Waals surface area contributed by atoms with Crippen molar-refractivity contribution >= 4 is 23.5 Å². The third kappa shape index (κ3) is 3.78. The topological polar surface area (TPSA) is 70.5 Å². The predicted octanol–water partition coefficient (Wildman–Crippen LogP) is 0.938. The highest BCUT2D eigenvalue weighted by atomic mass is 32.2. The first-order valence-electron chi connectivity index (χ1n) is 7.51. The van der Waals surface area contributed by atoms with Crippen molar-refractivity contribution in [3.8, 4) is 0 Å². The summed E-state index contributed by atoms with van der Waals surface area (Å²) in [6.45, 7) is 4.16. The molecule has 2 fully saturated rings. The number of anilines is 2. The summed E-state index contributed by atoms with van der Waals surface area (Å²) < 4.78 is 5.48. The lowest BCUT2D eigenvalue weighted by Crippen LogP contribution is -2.33. The highest BCUT2D eigenvalue weighted by Crippen LogP contribution is 2.28. The summed E-state index contributed by atoms with van der Waals surface area (Å²) in [5, 5.41) is 12.1. The fourth-order valence-corrected chi connectivity index (χ4v) is 3.53. The molecule has 1 atom stereocenters. The minimum atomic E-state index is 0.0792. The minimum absolute atomic E-state index is 0.0792. The summed E-state index contributed by atoms with van der Waals surface area (Å²) in [4.78, 5) is 11.5. The first-order valence-corrected chi connectivity index (χ1v) is 8.66. The predicted molar refractivity (Wildman–Crippen MR) is 85.3 cm³/mol. The molecule has 2 aliphatic heterocycles. The van der Waals surface area contributed by atoms with Gasteiger partial charge in [-0.15, -0.1) is 0 Å². The molecule has 1 aromatic rings. The van der Waals surface area contributed by atoms with Crippen LogP contribution >= 0.6 is 11.8 Å². The maximum Gasteiger partial charge on any atom is 0.224 e. The largest absolute Gasteiger partial charge is 0.395 e. The third-order valence-corrected chi connectivity index (χ3v) is 4.75. The van der Waals surface area contributed by atoms with Crippen LogP contribution in [0.2, 0.25) is 0 Å². The van der Waals surface area contributed by atoms with E-state index in [0.29, 0.717) is 18.4 Å². The van der Waals surface area contributed by atoms with Crippen LogP contribution in [0.3, 0.4) is 0 Å². The number of hydrogen-bond acceptors (Lipinski definition) is 7. The highest BCUT2D eigenvalue weighted by molar-refractivity contribution is 7.99. The van der Waals surface area contributed by atoms with Crippen LogP contribution in [0.1, 0.15) is 18.0 Å². The quantitative estimate of drug-likeness (QED) is 0.838. The van der Waals surface area contributed by atoms with E-state index in [-0.39, 0.29) is 6.61 Å². The van der Waals surface area contributed by atoms with E-state index in [1.807, 2.05) is 11.8 Å². The lowest BCUT2D eigenvalue weighted by atomic mass is 10.0. The van der Waals surface area contributed by atoms with Gasteiger partial charge in [0.2, 0.25) is 5.95 Å². The molecule has 0 spiro atoms. The number of aromatic nitrogens is 2. The van der Waals surface area contributed by atoms with Crippen LogP contribution in [0.15, 0.2) is 6.07 Å². The molecule has 0 radical (unpaired) electrons. The normalized spacial score (nSPS) is 22.5. The van der Waals surface area contributed by atoms with E-state index in [9.17, 15) is 0 Å². The zero-order valence-corrected chi connectivity index (χ0v) is 12.9. The van der Waals surface area contributed by atoms with Gasteiger partial charge in [-0.2, -0.15) is 16.7 Å². The fourth-order valence-electron chi connectivity index (χ4n) is 2.63. The molecule has 0 aromatic carbocycles. The number of aliphatic hydroxyl groups excluding tert-OH is 1. The Labute approximate surface area is 129 Å². The van der Waals surface area contributed by atoms with Crippen molar-refractivity contribution in [3.63, 3.8) is 0 Å². The Morgan fingerprint density at radius 1 is 1.38 bits per heavy atom. The lowest BCUT2D eigenvalue weighted by Gasteiger charge is -2.28. The molecule has 3 heterocycles. The average Bonchev–Trinajstić information content (AvgIpc) is 3.08. The molecule has 2 aliphatic rings. The maximum atomic E-state index is 8.98. The molecule has 7 heteroatoms. The van der Waals surface area contributed by atoms with Crippen LogP contribution in [0.25, 0.3) is 0 Å². The van der Waals surface area contributed by atoms with Crippen molar-refractivity contribution in [2.75, 3.05) is 61.2 Å². The Hall–Kier alpha value is -1.05. The summed E-state index contributed by atoms with van der Waals surface area (Å²) >= 11 is 1.99. The van der Waals surface area contributed by atoms with Gasteiger partial charge in [-0.1, -0.05) is 0 Å². The number of ether oxygens (including phenoxy) is 1. The van der Waals surface area contributed by atoms with Crippen molar-refractivity contribution < 1.29 is 9.84 Å². The standard InChI is InChI=1S/C14H22N4O2S/c19-5-2-15-14-16-12(11-1-6-20-10-11)9-13(17-14)18-3-7-21-8-4-18/h9,11,19H,1-8,10H2,(H,15,16,17)/t11-/m1/s1. The van der Waals surface area contributed by atoms with Gasteiger partial charge in [0, 0.05) is 49.7 Å². The smallest absolute Gasteiger partial charge is 0.224 e. The average molecular weight is 310 g/mol. The third-order valence-electron chi connectivity index (χ3n) is 3.81. The summed E-state index contributed by atoms with van der Waals surface area (Å²) in [6.07, 6.45) is 1.02. The molecule has 3 rings (SSSR count). The van der Waals surface area contributed by atoms with E-state index >= 15 is 0 Å². The van der Waals surface area contributed by atoms with Gasteiger partial charge in [0.1, 0.15) is 5.82 Å². The van der Waals surface area contributed by atoms with Crippen molar-refractivity contribution in [2.45, 2.75) is 12.3 Å². The summed E-state index contributed by atoms with van der Waals surface area (Å²) in [5.74, 6) is 4.26. The van der Waals surface area contributed by atoms with Gasteiger partial charge in [0.05, 0.1) is 18.9 Å². The molecule has 0 amide bonds. The number of nitrogens with zero attached hydrogens (tertiary/aromatic N) is 3. The van der Waals surface area contributed by atoms with Crippen molar-refractivity contribution in [1.29, 1.82) is 0 Å². The van der Waals surface area contributed by atoms with E-state index in [4.69, 9.17) is 9.84 Å². The van der Waals surface area contributed by atoms with Crippen molar-refractivity contribution in [3.05, 3.63) is 11.8 Å². The lowest BCUT2D eigenvalue weighted by molar-refractivity contribution is 0.193. The first kappa shape index (κ1) is 14.9. The van der Waals surface area contributed by atoms with Gasteiger partial charge in [-0.05, 0) is 6.42 Å². The number of rotatable bonds is 5. The van der Waals surface area contributed by atoms with Crippen LogP contribution in [0.4, 0.5) is 11.8 Å². The van der Waals surface area contributed by atoms with E-state index in [1.54, 1.807) is 0 Å². The second-order valence-corrected chi connectivity index (χ2v) is 6.51. The van der Waals surface area contributed by atoms with Gasteiger partial charge in [0.25, 0.3) is 0 Å².